The second-order valence-corrected chi connectivity index (χ2v) is 9.51. The van der Waals surface area contributed by atoms with Gasteiger partial charge >= 0.3 is 0 Å². The highest BCUT2D eigenvalue weighted by molar-refractivity contribution is 8.01. The molecule has 0 radical (unpaired) electrons. The fraction of sp³-hybridized carbons (Fsp3) is 0.200. The molecule has 2 aromatic carbocycles. The van der Waals surface area contributed by atoms with Crippen LogP contribution in [-0.4, -0.2) is 40.3 Å². The minimum Gasteiger partial charge on any atom is -0.453 e. The number of rotatable bonds is 8. The highest BCUT2D eigenvalue weighted by Gasteiger charge is 2.32. The van der Waals surface area contributed by atoms with Gasteiger partial charge in [0.1, 0.15) is 5.75 Å². The zero-order valence-electron chi connectivity index (χ0n) is 19.1. The van der Waals surface area contributed by atoms with E-state index in [-0.39, 0.29) is 34.3 Å². The SMILES string of the molecule is NCCNC(=O)C1Cc2nccc(Oc3ccc(NC(=S)NC(=O)Cc4ccccc4)cc3F)c2S1. The standard InChI is InChI=1S/C25H24FN5O3S2/c26-17-13-16(30-25(35)31-22(32)12-15-4-2-1-3-5-15)6-7-19(17)34-20-8-10-28-18-14-21(36-23(18)20)24(33)29-11-9-27/h1-8,10,13,21H,9,11-12,14,27H2,(H,29,33)(H2,30,31,32,35). The predicted molar refractivity (Wildman–Crippen MR) is 141 cm³/mol. The van der Waals surface area contributed by atoms with Gasteiger partial charge in [-0.25, -0.2) is 4.39 Å². The van der Waals surface area contributed by atoms with Crippen molar-refractivity contribution in [1.29, 1.82) is 0 Å². The predicted octanol–water partition coefficient (Wildman–Crippen LogP) is 3.16. The molecule has 2 heterocycles. The lowest BCUT2D eigenvalue weighted by molar-refractivity contribution is -0.120. The number of ether oxygens (including phenoxy) is 1. The Labute approximate surface area is 217 Å². The van der Waals surface area contributed by atoms with E-state index in [9.17, 15) is 14.0 Å². The third kappa shape index (κ3) is 6.56. The van der Waals surface area contributed by atoms with Crippen molar-refractivity contribution in [2.75, 3.05) is 18.4 Å². The summed E-state index contributed by atoms with van der Waals surface area (Å²) in [7, 11) is 0. The Morgan fingerprint density at radius 2 is 1.97 bits per heavy atom. The first-order valence-electron chi connectivity index (χ1n) is 11.2. The van der Waals surface area contributed by atoms with Gasteiger partial charge in [0.15, 0.2) is 16.7 Å². The first-order valence-corrected chi connectivity index (χ1v) is 12.5. The quantitative estimate of drug-likeness (QED) is 0.331. The third-order valence-electron chi connectivity index (χ3n) is 5.19. The monoisotopic (exact) mass is 525 g/mol. The first kappa shape index (κ1) is 25.5. The lowest BCUT2D eigenvalue weighted by Crippen LogP contribution is -2.35. The van der Waals surface area contributed by atoms with Crippen molar-refractivity contribution in [2.45, 2.75) is 23.0 Å². The normalized spacial score (nSPS) is 14.0. The van der Waals surface area contributed by atoms with Crippen LogP contribution in [0.4, 0.5) is 10.1 Å². The number of hydrogen-bond acceptors (Lipinski definition) is 7. The van der Waals surface area contributed by atoms with Crippen molar-refractivity contribution in [1.82, 2.24) is 15.6 Å². The fourth-order valence-electron chi connectivity index (χ4n) is 3.53. The molecule has 36 heavy (non-hydrogen) atoms. The maximum Gasteiger partial charge on any atom is 0.233 e. The number of nitrogens with one attached hydrogen (secondary N) is 3. The van der Waals surface area contributed by atoms with E-state index < -0.39 is 5.82 Å². The molecular formula is C25H24FN5O3S2. The molecule has 0 saturated carbocycles. The van der Waals surface area contributed by atoms with Crippen molar-refractivity contribution in [2.24, 2.45) is 5.73 Å². The number of fused-ring (bicyclic) bond motifs is 1. The van der Waals surface area contributed by atoms with Gasteiger partial charge in [0.2, 0.25) is 11.8 Å². The first-order chi connectivity index (χ1) is 17.4. The molecule has 186 valence electrons. The van der Waals surface area contributed by atoms with Gasteiger partial charge in [-0.15, -0.1) is 11.8 Å². The molecule has 1 aromatic heterocycles. The minimum atomic E-state index is -0.621. The molecule has 1 atom stereocenters. The van der Waals surface area contributed by atoms with Crippen LogP contribution in [0.3, 0.4) is 0 Å². The molecule has 1 aliphatic heterocycles. The van der Waals surface area contributed by atoms with Crippen LogP contribution < -0.4 is 26.4 Å². The number of nitrogens with two attached hydrogens (primary N) is 1. The Morgan fingerprint density at radius 1 is 1.17 bits per heavy atom. The summed E-state index contributed by atoms with van der Waals surface area (Å²) < 4.78 is 20.7. The van der Waals surface area contributed by atoms with Crippen molar-refractivity contribution < 1.29 is 18.7 Å². The van der Waals surface area contributed by atoms with Gasteiger partial charge in [0.05, 0.1) is 22.3 Å². The lowest BCUT2D eigenvalue weighted by Gasteiger charge is -2.13. The van der Waals surface area contributed by atoms with Crippen molar-refractivity contribution in [3.8, 4) is 11.5 Å². The molecule has 5 N–H and O–H groups in total. The van der Waals surface area contributed by atoms with E-state index in [1.807, 2.05) is 30.3 Å². The second kappa shape index (κ2) is 11.9. The average Bonchev–Trinajstić information content (AvgIpc) is 3.30. The number of benzene rings is 2. The number of carbonyl (C=O) groups excluding carboxylic acids is 2. The Kier molecular flexibility index (Phi) is 8.47. The molecule has 8 nitrogen and oxygen atoms in total. The lowest BCUT2D eigenvalue weighted by atomic mass is 10.1. The van der Waals surface area contributed by atoms with Gasteiger partial charge in [0, 0.05) is 43.5 Å². The van der Waals surface area contributed by atoms with Crippen LogP contribution in [0.2, 0.25) is 0 Å². The summed E-state index contributed by atoms with van der Waals surface area (Å²) in [5, 5.41) is 7.88. The number of carbonyl (C=O) groups is 2. The van der Waals surface area contributed by atoms with E-state index in [0.717, 1.165) is 11.3 Å². The van der Waals surface area contributed by atoms with Gasteiger partial charge in [0.25, 0.3) is 0 Å². The molecule has 0 spiro atoms. The van der Waals surface area contributed by atoms with E-state index in [1.54, 1.807) is 18.3 Å². The maximum absolute atomic E-state index is 14.8. The van der Waals surface area contributed by atoms with E-state index >= 15 is 0 Å². The molecule has 1 aliphatic rings. The largest absolute Gasteiger partial charge is 0.453 e. The van der Waals surface area contributed by atoms with E-state index in [2.05, 4.69) is 20.9 Å². The summed E-state index contributed by atoms with van der Waals surface area (Å²) in [5.74, 6) is -0.600. The number of hydrogen-bond donors (Lipinski definition) is 4. The Balaban J connectivity index is 1.36. The molecule has 1 unspecified atom stereocenters. The molecule has 2 amide bonds. The van der Waals surface area contributed by atoms with Gasteiger partial charge in [-0.2, -0.15) is 0 Å². The molecule has 4 rings (SSSR count). The zero-order chi connectivity index (χ0) is 25.5. The number of aromatic nitrogens is 1. The summed E-state index contributed by atoms with van der Waals surface area (Å²) >= 11 is 6.51. The van der Waals surface area contributed by atoms with Crippen LogP contribution in [0.25, 0.3) is 0 Å². The van der Waals surface area contributed by atoms with E-state index in [1.165, 1.54) is 23.9 Å². The van der Waals surface area contributed by atoms with Crippen LogP contribution in [0.5, 0.6) is 11.5 Å². The molecular weight excluding hydrogens is 501 g/mol. The molecule has 11 heteroatoms. The number of pyridine rings is 1. The minimum absolute atomic E-state index is 0.00427. The highest BCUT2D eigenvalue weighted by atomic mass is 32.2. The smallest absolute Gasteiger partial charge is 0.233 e. The molecule has 0 fully saturated rings. The van der Waals surface area contributed by atoms with Crippen molar-refractivity contribution in [3.05, 3.63) is 77.9 Å². The summed E-state index contributed by atoms with van der Waals surface area (Å²) in [6.45, 7) is 0.756. The Morgan fingerprint density at radius 3 is 2.72 bits per heavy atom. The average molecular weight is 526 g/mol. The van der Waals surface area contributed by atoms with E-state index in [0.29, 0.717) is 35.8 Å². The van der Waals surface area contributed by atoms with Crippen molar-refractivity contribution >= 4 is 46.6 Å². The summed E-state index contributed by atoms with van der Waals surface area (Å²) in [6, 6.07) is 15.2. The summed E-state index contributed by atoms with van der Waals surface area (Å²) in [5.41, 5.74) is 7.39. The topological polar surface area (TPSA) is 118 Å². The van der Waals surface area contributed by atoms with E-state index in [4.69, 9.17) is 22.7 Å². The second-order valence-electron chi connectivity index (χ2n) is 7.89. The number of nitrogens with zero attached hydrogens (tertiary/aromatic N) is 1. The number of amides is 2. The fourth-order valence-corrected chi connectivity index (χ4v) is 4.98. The summed E-state index contributed by atoms with van der Waals surface area (Å²) in [4.78, 5) is 29.5. The zero-order valence-corrected chi connectivity index (χ0v) is 20.8. The molecule has 0 bridgehead atoms. The Hall–Kier alpha value is -3.54. The van der Waals surface area contributed by atoms with Crippen LogP contribution >= 0.6 is 24.0 Å². The van der Waals surface area contributed by atoms with Gasteiger partial charge < -0.3 is 26.4 Å². The van der Waals surface area contributed by atoms with Crippen LogP contribution in [0.1, 0.15) is 11.3 Å². The van der Waals surface area contributed by atoms with Gasteiger partial charge in [-0.1, -0.05) is 30.3 Å². The molecule has 3 aromatic rings. The molecule has 0 saturated heterocycles. The number of thioether (sulfide) groups is 1. The van der Waals surface area contributed by atoms with Crippen LogP contribution in [0, 0.1) is 5.82 Å². The molecule has 0 aliphatic carbocycles. The Bertz CT molecular complexity index is 1280. The van der Waals surface area contributed by atoms with Gasteiger partial charge in [-0.05, 0) is 29.9 Å². The number of halogens is 1. The number of anilines is 1. The maximum atomic E-state index is 14.8. The van der Waals surface area contributed by atoms with Crippen LogP contribution in [0.15, 0.2) is 65.7 Å². The highest BCUT2D eigenvalue weighted by Crippen LogP contribution is 2.43. The number of thiocarbonyl (C=S) groups is 1. The van der Waals surface area contributed by atoms with Crippen molar-refractivity contribution in [3.63, 3.8) is 0 Å². The van der Waals surface area contributed by atoms with Gasteiger partial charge in [-0.3, -0.25) is 14.6 Å². The third-order valence-corrected chi connectivity index (χ3v) is 6.73. The summed E-state index contributed by atoms with van der Waals surface area (Å²) in [6.07, 6.45) is 2.19. The van der Waals surface area contributed by atoms with Crippen LogP contribution in [-0.2, 0) is 22.4 Å².